The van der Waals surface area contributed by atoms with E-state index in [0.717, 1.165) is 39.0 Å². The van der Waals surface area contributed by atoms with E-state index < -0.39 is 0 Å². The Balaban J connectivity index is 1.72. The van der Waals surface area contributed by atoms with Crippen molar-refractivity contribution >= 4 is 11.7 Å². The molecule has 1 amide bonds. The Bertz CT molecular complexity index is 670. The molecular weight excluding hydrogens is 316 g/mol. The van der Waals surface area contributed by atoms with Crippen LogP contribution in [0.1, 0.15) is 39.3 Å². The lowest BCUT2D eigenvalue weighted by Crippen LogP contribution is -2.62. The van der Waals surface area contributed by atoms with Gasteiger partial charge in [0.15, 0.2) is 11.5 Å². The quantitative estimate of drug-likeness (QED) is 0.823. The molecule has 0 spiro atoms. The van der Waals surface area contributed by atoms with E-state index in [4.69, 9.17) is 0 Å². The molecule has 0 radical (unpaired) electrons. The Morgan fingerprint density at radius 2 is 2.00 bits per heavy atom. The molecule has 7 heteroatoms. The molecule has 0 saturated carbocycles. The van der Waals surface area contributed by atoms with Crippen molar-refractivity contribution in [2.75, 3.05) is 31.1 Å². The van der Waals surface area contributed by atoms with Crippen molar-refractivity contribution < 1.29 is 4.79 Å². The molecule has 0 bridgehead atoms. The van der Waals surface area contributed by atoms with Gasteiger partial charge in [0.1, 0.15) is 6.07 Å². The summed E-state index contributed by atoms with van der Waals surface area (Å²) in [5.74, 6) is 0.911. The van der Waals surface area contributed by atoms with Crippen LogP contribution in [0.15, 0.2) is 12.4 Å². The lowest BCUT2D eigenvalue weighted by Gasteiger charge is -2.47. The van der Waals surface area contributed by atoms with Crippen LogP contribution in [0.4, 0.5) is 5.82 Å². The highest BCUT2D eigenvalue weighted by molar-refractivity contribution is 5.83. The van der Waals surface area contributed by atoms with Gasteiger partial charge in [-0.05, 0) is 33.6 Å². The number of carbonyl (C=O) groups excluding carboxylic acids is 1. The Morgan fingerprint density at radius 1 is 1.24 bits per heavy atom. The highest BCUT2D eigenvalue weighted by atomic mass is 16.2. The molecule has 2 aliphatic heterocycles. The number of nitrogens with zero attached hydrogens (tertiary/aromatic N) is 6. The minimum absolute atomic E-state index is 0.0226. The number of rotatable bonds is 3. The van der Waals surface area contributed by atoms with Crippen molar-refractivity contribution in [2.24, 2.45) is 0 Å². The highest BCUT2D eigenvalue weighted by Crippen LogP contribution is 2.25. The van der Waals surface area contributed by atoms with E-state index in [2.05, 4.69) is 46.6 Å². The van der Waals surface area contributed by atoms with Gasteiger partial charge >= 0.3 is 0 Å². The molecule has 3 rings (SSSR count). The Labute approximate surface area is 149 Å². The molecule has 0 N–H and O–H groups in total. The van der Waals surface area contributed by atoms with Crippen molar-refractivity contribution in [1.82, 2.24) is 19.8 Å². The molecule has 2 fully saturated rings. The molecular formula is C18H26N6O. The van der Waals surface area contributed by atoms with E-state index in [9.17, 15) is 10.1 Å². The zero-order valence-electron chi connectivity index (χ0n) is 15.2. The molecule has 2 saturated heterocycles. The number of amides is 1. The van der Waals surface area contributed by atoms with Crippen molar-refractivity contribution in [2.45, 2.75) is 51.7 Å². The van der Waals surface area contributed by atoms with Crippen LogP contribution in [-0.2, 0) is 4.79 Å². The summed E-state index contributed by atoms with van der Waals surface area (Å²) in [4.78, 5) is 27.8. The molecule has 134 valence electrons. The second kappa shape index (κ2) is 7.36. The van der Waals surface area contributed by atoms with E-state index in [1.165, 1.54) is 0 Å². The summed E-state index contributed by atoms with van der Waals surface area (Å²) in [6, 6.07) is 2.57. The summed E-state index contributed by atoms with van der Waals surface area (Å²) in [6.45, 7) is 9.48. The van der Waals surface area contributed by atoms with Crippen LogP contribution in [0.5, 0.6) is 0 Å². The topological polar surface area (TPSA) is 76.4 Å². The normalized spacial score (nSPS) is 25.3. The Morgan fingerprint density at radius 3 is 2.68 bits per heavy atom. The molecule has 25 heavy (non-hydrogen) atoms. The monoisotopic (exact) mass is 342 g/mol. The van der Waals surface area contributed by atoms with Crippen LogP contribution in [0.2, 0.25) is 0 Å². The first-order valence-electron chi connectivity index (χ1n) is 9.05. The first-order chi connectivity index (χ1) is 12.0. The number of anilines is 1. The molecule has 7 nitrogen and oxygen atoms in total. The molecule has 1 aromatic heterocycles. The van der Waals surface area contributed by atoms with Gasteiger partial charge in [-0.25, -0.2) is 9.97 Å². The maximum Gasteiger partial charge on any atom is 0.240 e. The predicted octanol–water partition coefficient (Wildman–Crippen LogP) is 1.26. The van der Waals surface area contributed by atoms with E-state index in [1.807, 2.05) is 4.90 Å². The molecule has 2 atom stereocenters. The molecule has 1 aromatic rings. The zero-order chi connectivity index (χ0) is 18.0. The van der Waals surface area contributed by atoms with Crippen molar-refractivity contribution in [3.8, 4) is 6.07 Å². The maximum absolute atomic E-state index is 12.9. The number of carbonyl (C=O) groups is 1. The van der Waals surface area contributed by atoms with Crippen LogP contribution in [0, 0.1) is 11.3 Å². The predicted molar refractivity (Wildman–Crippen MR) is 95.0 cm³/mol. The molecule has 0 unspecified atom stereocenters. The summed E-state index contributed by atoms with van der Waals surface area (Å²) in [6.07, 6.45) is 5.16. The van der Waals surface area contributed by atoms with Gasteiger partial charge in [0, 0.05) is 50.7 Å². The van der Waals surface area contributed by atoms with Crippen LogP contribution in [-0.4, -0.2) is 70.0 Å². The number of likely N-dealkylation sites (tertiary alicyclic amines) is 1. The lowest BCUT2D eigenvalue weighted by atomic mass is 9.98. The second-order valence-electron chi connectivity index (χ2n) is 7.16. The van der Waals surface area contributed by atoms with Gasteiger partial charge < -0.3 is 9.80 Å². The molecule has 2 aliphatic rings. The zero-order valence-corrected chi connectivity index (χ0v) is 15.2. The van der Waals surface area contributed by atoms with Gasteiger partial charge in [0.2, 0.25) is 5.91 Å². The third kappa shape index (κ3) is 3.45. The minimum atomic E-state index is -0.0226. The van der Waals surface area contributed by atoms with Gasteiger partial charge in [0.25, 0.3) is 0 Å². The summed E-state index contributed by atoms with van der Waals surface area (Å²) in [5.41, 5.74) is 0.364. The van der Waals surface area contributed by atoms with Crippen LogP contribution in [0.3, 0.4) is 0 Å². The third-order valence-electron chi connectivity index (χ3n) is 5.23. The van der Waals surface area contributed by atoms with Crippen LogP contribution < -0.4 is 4.90 Å². The van der Waals surface area contributed by atoms with Gasteiger partial charge in [-0.3, -0.25) is 9.69 Å². The standard InChI is InChI=1S/C18H26N6O/c1-13(2)23-8-4-5-16(18(23)25)24-10-9-22(12-14(24)3)17-15(11-19)20-6-7-21-17/h6-7,13-14,16H,4-5,8-10,12H2,1-3H3/t14-,16+/m0/s1. The first-order valence-corrected chi connectivity index (χ1v) is 9.05. The Kier molecular flexibility index (Phi) is 5.19. The number of hydrogen-bond donors (Lipinski definition) is 0. The van der Waals surface area contributed by atoms with E-state index in [-0.39, 0.29) is 24.0 Å². The fourth-order valence-corrected chi connectivity index (χ4v) is 3.97. The fraction of sp³-hybridized carbons (Fsp3) is 0.667. The third-order valence-corrected chi connectivity index (χ3v) is 5.23. The SMILES string of the molecule is CC(C)N1CCC[C@@H](N2CCN(c3nccnc3C#N)C[C@@H]2C)C1=O. The van der Waals surface area contributed by atoms with E-state index in [0.29, 0.717) is 11.5 Å². The van der Waals surface area contributed by atoms with Crippen molar-refractivity contribution in [3.05, 3.63) is 18.1 Å². The molecule has 0 aliphatic carbocycles. The van der Waals surface area contributed by atoms with Crippen LogP contribution >= 0.6 is 0 Å². The molecule has 3 heterocycles. The maximum atomic E-state index is 12.9. The fourth-order valence-electron chi connectivity index (χ4n) is 3.97. The number of aromatic nitrogens is 2. The number of hydrogen-bond acceptors (Lipinski definition) is 6. The average Bonchev–Trinajstić information content (AvgIpc) is 2.62. The summed E-state index contributed by atoms with van der Waals surface area (Å²) >= 11 is 0. The lowest BCUT2D eigenvalue weighted by molar-refractivity contribution is -0.143. The van der Waals surface area contributed by atoms with E-state index >= 15 is 0 Å². The van der Waals surface area contributed by atoms with Gasteiger partial charge in [-0.15, -0.1) is 0 Å². The average molecular weight is 342 g/mol. The summed E-state index contributed by atoms with van der Waals surface area (Å²) < 4.78 is 0. The van der Waals surface area contributed by atoms with Gasteiger partial charge in [-0.1, -0.05) is 0 Å². The number of piperazine rings is 1. The minimum Gasteiger partial charge on any atom is -0.351 e. The summed E-state index contributed by atoms with van der Waals surface area (Å²) in [5, 5.41) is 9.25. The highest BCUT2D eigenvalue weighted by Gasteiger charge is 2.38. The van der Waals surface area contributed by atoms with Crippen LogP contribution in [0.25, 0.3) is 0 Å². The largest absolute Gasteiger partial charge is 0.351 e. The molecule has 0 aromatic carbocycles. The second-order valence-corrected chi connectivity index (χ2v) is 7.16. The van der Waals surface area contributed by atoms with Crippen molar-refractivity contribution in [1.29, 1.82) is 5.26 Å². The Hall–Kier alpha value is -2.20. The van der Waals surface area contributed by atoms with Gasteiger partial charge in [0.05, 0.1) is 6.04 Å². The van der Waals surface area contributed by atoms with Gasteiger partial charge in [-0.2, -0.15) is 5.26 Å². The first kappa shape index (κ1) is 17.6. The van der Waals surface area contributed by atoms with Crippen molar-refractivity contribution in [3.63, 3.8) is 0 Å². The number of nitriles is 1. The number of piperidine rings is 1. The smallest absolute Gasteiger partial charge is 0.240 e. The van der Waals surface area contributed by atoms with E-state index in [1.54, 1.807) is 12.4 Å². The summed E-state index contributed by atoms with van der Waals surface area (Å²) in [7, 11) is 0.